The van der Waals surface area contributed by atoms with Gasteiger partial charge in [-0.25, -0.2) is 0 Å². The second-order valence-corrected chi connectivity index (χ2v) is 4.80. The molecule has 0 N–H and O–H groups in total. The van der Waals surface area contributed by atoms with Crippen molar-refractivity contribution in [2.24, 2.45) is 0 Å². The molecule has 0 spiro atoms. The zero-order chi connectivity index (χ0) is 13.7. The molecule has 98 valence electrons. The number of hydrogen-bond acceptors (Lipinski definition) is 4. The molecule has 0 unspecified atom stereocenters. The van der Waals surface area contributed by atoms with E-state index < -0.39 is 0 Å². The molecule has 0 atom stereocenters. The van der Waals surface area contributed by atoms with E-state index >= 15 is 0 Å². The molecule has 4 nitrogen and oxygen atoms in total. The highest BCUT2D eigenvalue weighted by molar-refractivity contribution is 5.54. The maximum atomic E-state index is 8.48. The second kappa shape index (κ2) is 6.14. The van der Waals surface area contributed by atoms with Crippen molar-refractivity contribution < 1.29 is 4.52 Å². The van der Waals surface area contributed by atoms with E-state index in [0.717, 1.165) is 12.0 Å². The number of benzene rings is 1. The monoisotopic (exact) mass is 255 g/mol. The summed E-state index contributed by atoms with van der Waals surface area (Å²) in [7, 11) is 0. The van der Waals surface area contributed by atoms with Gasteiger partial charge in [0.2, 0.25) is 11.7 Å². The topological polar surface area (TPSA) is 62.7 Å². The van der Waals surface area contributed by atoms with E-state index in [9.17, 15) is 0 Å². The van der Waals surface area contributed by atoms with E-state index in [4.69, 9.17) is 9.78 Å². The molecule has 19 heavy (non-hydrogen) atoms. The molecule has 2 aromatic rings. The molecule has 0 saturated carbocycles. The van der Waals surface area contributed by atoms with Gasteiger partial charge in [0.1, 0.15) is 0 Å². The number of aryl methyl sites for hydroxylation is 1. The Kier molecular flexibility index (Phi) is 4.30. The van der Waals surface area contributed by atoms with Crippen LogP contribution >= 0.6 is 0 Å². The lowest BCUT2D eigenvalue weighted by Gasteiger charge is -2.04. The molecule has 1 aromatic heterocycles. The van der Waals surface area contributed by atoms with Crippen LogP contribution in [0.4, 0.5) is 0 Å². The quantitative estimate of drug-likeness (QED) is 0.764. The maximum absolute atomic E-state index is 8.48. The van der Waals surface area contributed by atoms with Crippen LogP contribution in [0.5, 0.6) is 0 Å². The molecule has 0 aliphatic rings. The molecular weight excluding hydrogens is 238 g/mol. The third kappa shape index (κ3) is 3.41. The van der Waals surface area contributed by atoms with Crippen LogP contribution in [0.3, 0.4) is 0 Å². The van der Waals surface area contributed by atoms with Crippen molar-refractivity contribution in [3.63, 3.8) is 0 Å². The Hall–Kier alpha value is -2.15. The Morgan fingerprint density at radius 1 is 1.26 bits per heavy atom. The van der Waals surface area contributed by atoms with Gasteiger partial charge >= 0.3 is 0 Å². The zero-order valence-electron chi connectivity index (χ0n) is 11.3. The van der Waals surface area contributed by atoms with E-state index in [0.29, 0.717) is 30.5 Å². The van der Waals surface area contributed by atoms with E-state index in [1.807, 2.05) is 12.1 Å². The van der Waals surface area contributed by atoms with Crippen LogP contribution in [0.2, 0.25) is 0 Å². The highest BCUT2D eigenvalue weighted by Gasteiger charge is 2.08. The second-order valence-electron chi connectivity index (χ2n) is 4.80. The molecule has 0 fully saturated rings. The fourth-order valence-electron chi connectivity index (χ4n) is 1.81. The van der Waals surface area contributed by atoms with Gasteiger partial charge in [-0.05, 0) is 17.9 Å². The number of nitriles is 1. The smallest absolute Gasteiger partial charge is 0.226 e. The standard InChI is InChI=1S/C15H17N3O/c1-11(2)12-6-8-13(9-7-12)15-17-14(19-18-15)5-3-4-10-16/h6-9,11H,3-5H2,1-2H3. The molecular formula is C15H17N3O. The predicted molar refractivity (Wildman–Crippen MR) is 72.4 cm³/mol. The fraction of sp³-hybridized carbons (Fsp3) is 0.400. The molecule has 0 radical (unpaired) electrons. The van der Waals surface area contributed by atoms with Crippen LogP contribution in [0.15, 0.2) is 28.8 Å². The van der Waals surface area contributed by atoms with Crippen molar-refractivity contribution in [2.45, 2.75) is 39.0 Å². The van der Waals surface area contributed by atoms with Crippen molar-refractivity contribution in [3.8, 4) is 17.5 Å². The first kappa shape index (κ1) is 13.3. The predicted octanol–water partition coefficient (Wildman–Crippen LogP) is 3.71. The lowest BCUT2D eigenvalue weighted by Crippen LogP contribution is -1.88. The third-order valence-corrected chi connectivity index (χ3v) is 2.98. The molecule has 0 aliphatic heterocycles. The van der Waals surface area contributed by atoms with Crippen LogP contribution in [-0.2, 0) is 6.42 Å². The van der Waals surface area contributed by atoms with Gasteiger partial charge in [-0.15, -0.1) is 0 Å². The normalized spacial score (nSPS) is 10.6. The molecule has 4 heteroatoms. The van der Waals surface area contributed by atoms with Crippen molar-refractivity contribution in [2.75, 3.05) is 0 Å². The van der Waals surface area contributed by atoms with Crippen LogP contribution in [0.25, 0.3) is 11.4 Å². The summed E-state index contributed by atoms with van der Waals surface area (Å²) in [6, 6.07) is 10.3. The Balaban J connectivity index is 2.07. The van der Waals surface area contributed by atoms with Crippen LogP contribution in [0, 0.1) is 11.3 Å². The molecule has 0 amide bonds. The van der Waals surface area contributed by atoms with Gasteiger partial charge in [-0.3, -0.25) is 0 Å². The Bertz CT molecular complexity index is 564. The average molecular weight is 255 g/mol. The fourth-order valence-corrected chi connectivity index (χ4v) is 1.81. The van der Waals surface area contributed by atoms with Gasteiger partial charge < -0.3 is 4.52 Å². The summed E-state index contributed by atoms with van der Waals surface area (Å²) in [6.45, 7) is 4.33. The van der Waals surface area contributed by atoms with Gasteiger partial charge in [0.25, 0.3) is 0 Å². The minimum absolute atomic E-state index is 0.515. The highest BCUT2D eigenvalue weighted by atomic mass is 16.5. The highest BCUT2D eigenvalue weighted by Crippen LogP contribution is 2.20. The Morgan fingerprint density at radius 2 is 2.00 bits per heavy atom. The van der Waals surface area contributed by atoms with Gasteiger partial charge in [0.15, 0.2) is 0 Å². The van der Waals surface area contributed by atoms with E-state index in [-0.39, 0.29) is 0 Å². The van der Waals surface area contributed by atoms with Gasteiger partial charge in [0.05, 0.1) is 6.07 Å². The third-order valence-electron chi connectivity index (χ3n) is 2.98. The minimum atomic E-state index is 0.515. The molecule has 1 aromatic carbocycles. The minimum Gasteiger partial charge on any atom is -0.339 e. The molecule has 2 rings (SSSR count). The first-order chi connectivity index (χ1) is 9.20. The van der Waals surface area contributed by atoms with Gasteiger partial charge in [0, 0.05) is 18.4 Å². The molecule has 0 saturated heterocycles. The van der Waals surface area contributed by atoms with Crippen molar-refractivity contribution in [1.82, 2.24) is 10.1 Å². The SMILES string of the molecule is CC(C)c1ccc(-c2noc(CCCC#N)n2)cc1. The number of nitrogens with zero attached hydrogens (tertiary/aromatic N) is 3. The van der Waals surface area contributed by atoms with Crippen LogP contribution < -0.4 is 0 Å². The average Bonchev–Trinajstić information content (AvgIpc) is 2.88. The first-order valence-corrected chi connectivity index (χ1v) is 6.50. The molecule has 1 heterocycles. The lowest BCUT2D eigenvalue weighted by molar-refractivity contribution is 0.376. The van der Waals surface area contributed by atoms with Crippen molar-refractivity contribution >= 4 is 0 Å². The van der Waals surface area contributed by atoms with E-state index in [1.54, 1.807) is 0 Å². The lowest BCUT2D eigenvalue weighted by atomic mass is 10.0. The summed E-state index contributed by atoms with van der Waals surface area (Å²) in [5.74, 6) is 1.72. The largest absolute Gasteiger partial charge is 0.339 e. The van der Waals surface area contributed by atoms with Crippen LogP contribution in [-0.4, -0.2) is 10.1 Å². The number of aromatic nitrogens is 2. The van der Waals surface area contributed by atoms with E-state index in [2.05, 4.69) is 42.2 Å². The summed E-state index contributed by atoms with van der Waals surface area (Å²) < 4.78 is 5.17. The zero-order valence-corrected chi connectivity index (χ0v) is 11.3. The summed E-state index contributed by atoms with van der Waals surface area (Å²) in [4.78, 5) is 4.34. The summed E-state index contributed by atoms with van der Waals surface area (Å²) in [6.07, 6.45) is 1.93. The van der Waals surface area contributed by atoms with E-state index in [1.165, 1.54) is 5.56 Å². The van der Waals surface area contributed by atoms with Crippen molar-refractivity contribution in [3.05, 3.63) is 35.7 Å². The Morgan fingerprint density at radius 3 is 2.63 bits per heavy atom. The summed E-state index contributed by atoms with van der Waals surface area (Å²) in [5, 5.41) is 12.5. The van der Waals surface area contributed by atoms with Gasteiger partial charge in [-0.2, -0.15) is 10.2 Å². The maximum Gasteiger partial charge on any atom is 0.226 e. The summed E-state index contributed by atoms with van der Waals surface area (Å²) in [5.41, 5.74) is 2.25. The number of unbranched alkanes of at least 4 members (excludes halogenated alkanes) is 1. The number of hydrogen-bond donors (Lipinski definition) is 0. The molecule has 0 bridgehead atoms. The van der Waals surface area contributed by atoms with Crippen LogP contribution in [0.1, 0.15) is 44.1 Å². The first-order valence-electron chi connectivity index (χ1n) is 6.50. The number of rotatable bonds is 5. The Labute approximate surface area is 113 Å². The molecule has 0 aliphatic carbocycles. The van der Waals surface area contributed by atoms with Crippen molar-refractivity contribution in [1.29, 1.82) is 5.26 Å². The van der Waals surface area contributed by atoms with Gasteiger partial charge in [-0.1, -0.05) is 43.3 Å². The summed E-state index contributed by atoms with van der Waals surface area (Å²) >= 11 is 0.